The van der Waals surface area contributed by atoms with Gasteiger partial charge in [-0.1, -0.05) is 13.3 Å². The average molecular weight is 564 g/mol. The van der Waals surface area contributed by atoms with Gasteiger partial charge in [0.1, 0.15) is 22.2 Å². The summed E-state index contributed by atoms with van der Waals surface area (Å²) in [4.78, 5) is 46.2. The first kappa shape index (κ1) is 30.7. The predicted octanol–water partition coefficient (Wildman–Crippen LogP) is 3.56. The van der Waals surface area contributed by atoms with Crippen molar-refractivity contribution in [2.75, 3.05) is 25.4 Å². The Kier molecular flexibility index (Phi) is 10.6. The Morgan fingerprint density at radius 3 is 2.74 bits per heavy atom. The number of ether oxygens (including phenoxy) is 2. The lowest BCUT2D eigenvalue weighted by Gasteiger charge is -2.24. The van der Waals surface area contributed by atoms with Crippen molar-refractivity contribution in [3.05, 3.63) is 28.3 Å². The van der Waals surface area contributed by atoms with Gasteiger partial charge in [-0.05, 0) is 59.3 Å². The minimum Gasteiger partial charge on any atom is -0.493 e. The van der Waals surface area contributed by atoms with Crippen molar-refractivity contribution in [1.29, 1.82) is 0 Å². The molecule has 1 fully saturated rings. The Hall–Kier alpha value is -2.86. The molecule has 2 amide bonds. The standard InChI is InChI=1S/C27H41N5O6S/c1-6-8-20(21-13-19(14-22(33)37-21)36-15-18-9-10-18)31-24(34)27(28)16-39-23(32-27)17(2)29-11-7-12-30-25(35)38-26(3,4)5/h13-14,18,20H,6-12,15-16,28H2,1-5H3,(H,30,35)(H,31,34)/b29-17+/t20-,27+/m1/s1. The molecular formula is C27H41N5O6S. The van der Waals surface area contributed by atoms with E-state index in [4.69, 9.17) is 19.6 Å². The number of aliphatic imine (C=N–C) groups is 2. The van der Waals surface area contributed by atoms with Crippen LogP contribution in [0.2, 0.25) is 0 Å². The zero-order valence-corrected chi connectivity index (χ0v) is 24.3. The summed E-state index contributed by atoms with van der Waals surface area (Å²) in [6.45, 7) is 10.7. The van der Waals surface area contributed by atoms with Crippen molar-refractivity contribution in [2.45, 2.75) is 84.0 Å². The van der Waals surface area contributed by atoms with Gasteiger partial charge in [-0.2, -0.15) is 0 Å². The van der Waals surface area contributed by atoms with Crippen molar-refractivity contribution < 1.29 is 23.5 Å². The molecule has 0 saturated heterocycles. The van der Waals surface area contributed by atoms with Crippen LogP contribution in [0.1, 0.15) is 78.5 Å². The fourth-order valence-electron chi connectivity index (χ4n) is 3.71. The summed E-state index contributed by atoms with van der Waals surface area (Å²) in [7, 11) is 0. The summed E-state index contributed by atoms with van der Waals surface area (Å²) in [5, 5.41) is 6.23. The molecule has 1 aromatic heterocycles. The summed E-state index contributed by atoms with van der Waals surface area (Å²) in [6.07, 6.45) is 3.73. The zero-order valence-electron chi connectivity index (χ0n) is 23.5. The van der Waals surface area contributed by atoms with Crippen molar-refractivity contribution >= 4 is 34.5 Å². The lowest BCUT2D eigenvalue weighted by molar-refractivity contribution is -0.126. The van der Waals surface area contributed by atoms with E-state index in [1.165, 1.54) is 17.8 Å². The number of carbonyl (C=O) groups is 2. The van der Waals surface area contributed by atoms with E-state index in [1.807, 2.05) is 34.6 Å². The summed E-state index contributed by atoms with van der Waals surface area (Å²) >= 11 is 1.37. The van der Waals surface area contributed by atoms with Crippen LogP contribution in [0.5, 0.6) is 5.75 Å². The molecule has 4 N–H and O–H groups in total. The molecule has 11 nitrogen and oxygen atoms in total. The fraction of sp³-hybridized carbons (Fsp3) is 0.667. The van der Waals surface area contributed by atoms with Gasteiger partial charge < -0.3 is 24.5 Å². The van der Waals surface area contributed by atoms with Crippen LogP contribution in [0.3, 0.4) is 0 Å². The Balaban J connectivity index is 1.57. The van der Waals surface area contributed by atoms with E-state index in [0.29, 0.717) is 60.7 Å². The van der Waals surface area contributed by atoms with Gasteiger partial charge in [0.25, 0.3) is 5.91 Å². The lowest BCUT2D eigenvalue weighted by Crippen LogP contribution is -2.54. The second kappa shape index (κ2) is 13.5. The molecule has 216 valence electrons. The highest BCUT2D eigenvalue weighted by molar-refractivity contribution is 8.16. The Morgan fingerprint density at radius 1 is 1.33 bits per heavy atom. The molecular weight excluding hydrogens is 522 g/mol. The molecule has 3 rings (SSSR count). The number of rotatable bonds is 13. The smallest absolute Gasteiger partial charge is 0.407 e. The molecule has 12 heteroatoms. The minimum atomic E-state index is -1.47. The van der Waals surface area contributed by atoms with Crippen molar-refractivity contribution in [1.82, 2.24) is 10.6 Å². The molecule has 0 unspecified atom stereocenters. The molecule has 2 heterocycles. The van der Waals surface area contributed by atoms with Crippen LogP contribution in [-0.4, -0.2) is 59.5 Å². The second-order valence-corrected chi connectivity index (χ2v) is 11.9. The van der Waals surface area contributed by atoms with Gasteiger partial charge >= 0.3 is 11.7 Å². The third kappa shape index (κ3) is 9.99. The number of alkyl carbamates (subject to hydrolysis) is 1. The van der Waals surface area contributed by atoms with Crippen molar-refractivity contribution in [3.8, 4) is 5.75 Å². The first-order valence-electron chi connectivity index (χ1n) is 13.5. The highest BCUT2D eigenvalue weighted by Gasteiger charge is 2.40. The maximum absolute atomic E-state index is 13.2. The fourth-order valence-corrected chi connectivity index (χ4v) is 4.76. The van der Waals surface area contributed by atoms with E-state index >= 15 is 0 Å². The first-order chi connectivity index (χ1) is 18.4. The molecule has 39 heavy (non-hydrogen) atoms. The van der Waals surface area contributed by atoms with Gasteiger partial charge in [-0.15, -0.1) is 11.8 Å². The molecule has 1 aromatic rings. The van der Waals surface area contributed by atoms with E-state index in [9.17, 15) is 14.4 Å². The van der Waals surface area contributed by atoms with Crippen LogP contribution in [-0.2, 0) is 9.53 Å². The summed E-state index contributed by atoms with van der Waals surface area (Å²) in [5.41, 5.74) is 4.54. The van der Waals surface area contributed by atoms with Crippen LogP contribution < -0.4 is 26.7 Å². The van der Waals surface area contributed by atoms with E-state index in [1.54, 1.807) is 6.07 Å². The summed E-state index contributed by atoms with van der Waals surface area (Å²) in [5.74, 6) is 1.12. The van der Waals surface area contributed by atoms with Crippen LogP contribution in [0, 0.1) is 5.92 Å². The van der Waals surface area contributed by atoms with Crippen molar-refractivity contribution in [2.24, 2.45) is 21.6 Å². The molecule has 1 aliphatic carbocycles. The first-order valence-corrected chi connectivity index (χ1v) is 14.5. The van der Waals surface area contributed by atoms with Gasteiger partial charge in [0, 0.05) is 24.9 Å². The number of nitrogens with two attached hydrogens (primary N) is 1. The topological polar surface area (TPSA) is 158 Å². The minimum absolute atomic E-state index is 0.258. The SMILES string of the molecule is CCC[C@@H](NC(=O)[C@]1(N)CSC(/C(C)=N/CCCNC(=O)OC(C)(C)C)=N1)c1cc(OCC2CC2)cc(=O)o1. The molecule has 0 aromatic carbocycles. The Labute approximate surface area is 233 Å². The molecule has 0 spiro atoms. The van der Waals surface area contributed by atoms with Crippen LogP contribution >= 0.6 is 11.8 Å². The normalized spacial score (nSPS) is 20.3. The monoisotopic (exact) mass is 563 g/mol. The number of nitrogens with zero attached hydrogens (tertiary/aromatic N) is 2. The van der Waals surface area contributed by atoms with E-state index in [-0.39, 0.29) is 5.75 Å². The van der Waals surface area contributed by atoms with E-state index in [0.717, 1.165) is 19.3 Å². The maximum Gasteiger partial charge on any atom is 0.407 e. The predicted molar refractivity (Wildman–Crippen MR) is 153 cm³/mol. The van der Waals surface area contributed by atoms with E-state index < -0.39 is 34.9 Å². The van der Waals surface area contributed by atoms with Crippen LogP contribution in [0.15, 0.2) is 31.3 Å². The summed E-state index contributed by atoms with van der Waals surface area (Å²) in [6, 6.07) is 2.44. The number of thioether (sulfide) groups is 1. The average Bonchev–Trinajstić information content (AvgIpc) is 3.59. The number of hydrogen-bond donors (Lipinski definition) is 3. The van der Waals surface area contributed by atoms with E-state index in [2.05, 4.69) is 20.6 Å². The lowest BCUT2D eigenvalue weighted by atomic mass is 10.1. The molecule has 2 aliphatic rings. The van der Waals surface area contributed by atoms with Gasteiger partial charge in [-0.25, -0.2) is 14.6 Å². The van der Waals surface area contributed by atoms with Gasteiger partial charge in [0.05, 0.1) is 24.4 Å². The second-order valence-electron chi connectivity index (χ2n) is 11.0. The Bertz CT molecular complexity index is 1140. The third-order valence-corrected chi connectivity index (χ3v) is 7.20. The number of hydrogen-bond acceptors (Lipinski definition) is 10. The number of carbonyl (C=O) groups excluding carboxylic acids is 2. The van der Waals surface area contributed by atoms with Crippen molar-refractivity contribution in [3.63, 3.8) is 0 Å². The number of amides is 2. The van der Waals surface area contributed by atoms with Gasteiger partial charge in [0.15, 0.2) is 5.66 Å². The molecule has 0 radical (unpaired) electrons. The van der Waals surface area contributed by atoms with Crippen LogP contribution in [0.25, 0.3) is 0 Å². The van der Waals surface area contributed by atoms with Gasteiger partial charge in [-0.3, -0.25) is 15.5 Å². The van der Waals surface area contributed by atoms with Crippen LogP contribution in [0.4, 0.5) is 4.79 Å². The molecule has 1 saturated carbocycles. The zero-order chi connectivity index (χ0) is 28.6. The molecule has 0 bridgehead atoms. The quantitative estimate of drug-likeness (QED) is 0.243. The maximum atomic E-state index is 13.2. The Morgan fingerprint density at radius 2 is 2.08 bits per heavy atom. The number of nitrogens with one attached hydrogen (secondary N) is 2. The molecule has 2 atom stereocenters. The highest BCUT2D eigenvalue weighted by Crippen LogP contribution is 2.30. The third-order valence-electron chi connectivity index (χ3n) is 5.96. The van der Waals surface area contributed by atoms with Gasteiger partial charge in [0.2, 0.25) is 0 Å². The highest BCUT2D eigenvalue weighted by atomic mass is 32.2. The molecule has 1 aliphatic heterocycles. The largest absolute Gasteiger partial charge is 0.493 e. The summed E-state index contributed by atoms with van der Waals surface area (Å²) < 4.78 is 16.4.